The Balaban J connectivity index is 2.28. The zero-order chi connectivity index (χ0) is 17.7. The molecule has 1 amide bonds. The second kappa shape index (κ2) is 8.15. The highest BCUT2D eigenvalue weighted by atomic mass is 16.5. The monoisotopic (exact) mass is 328 g/mol. The van der Waals surface area contributed by atoms with Crippen molar-refractivity contribution in [2.75, 3.05) is 27.7 Å². The molecule has 0 bridgehead atoms. The molecule has 4 heteroatoms. The van der Waals surface area contributed by atoms with Crippen molar-refractivity contribution in [3.05, 3.63) is 42.0 Å². The molecule has 0 heterocycles. The molecule has 1 unspecified atom stereocenters. The molecule has 0 aromatic heterocycles. The summed E-state index contributed by atoms with van der Waals surface area (Å²) in [7, 11) is 5.57. The van der Waals surface area contributed by atoms with Crippen LogP contribution < -0.4 is 4.74 Å². The molecule has 0 fully saturated rings. The van der Waals surface area contributed by atoms with Crippen LogP contribution in [0.2, 0.25) is 0 Å². The van der Waals surface area contributed by atoms with E-state index in [4.69, 9.17) is 4.74 Å². The summed E-state index contributed by atoms with van der Waals surface area (Å²) in [5.41, 5.74) is 1.14. The number of carbonyl (C=O) groups excluding carboxylic acids is 1. The Morgan fingerprint density at radius 1 is 1.08 bits per heavy atom. The lowest BCUT2D eigenvalue weighted by Gasteiger charge is -2.29. The molecule has 2 rings (SSSR count). The normalized spacial score (nSPS) is 12.4. The fourth-order valence-electron chi connectivity index (χ4n) is 3.13. The van der Waals surface area contributed by atoms with Gasteiger partial charge in [0.2, 0.25) is 5.91 Å². The Morgan fingerprint density at radius 2 is 1.75 bits per heavy atom. The van der Waals surface area contributed by atoms with Gasteiger partial charge in [-0.1, -0.05) is 44.2 Å². The number of benzene rings is 2. The fraction of sp³-hybridized carbons (Fsp3) is 0.450. The predicted molar refractivity (Wildman–Crippen MR) is 99.4 cm³/mol. The fourth-order valence-corrected chi connectivity index (χ4v) is 3.13. The van der Waals surface area contributed by atoms with E-state index in [9.17, 15) is 4.79 Å². The SMILES string of the molecule is CCC(C(=O)N(C)Cc1ccc(OC)c2ccccc12)N(C)CC. The molecule has 0 saturated heterocycles. The Hall–Kier alpha value is -2.07. The van der Waals surface area contributed by atoms with Crippen molar-refractivity contribution in [1.82, 2.24) is 9.80 Å². The standard InChI is InChI=1S/C20H28N2O2/c1-6-18(21(3)7-2)20(23)22(4)14-15-12-13-19(24-5)17-11-9-8-10-16(15)17/h8-13,18H,6-7,14H2,1-5H3. The van der Waals surface area contributed by atoms with Crippen molar-refractivity contribution in [2.24, 2.45) is 0 Å². The number of rotatable bonds is 7. The molecule has 4 nitrogen and oxygen atoms in total. The number of ether oxygens (including phenoxy) is 1. The number of hydrogen-bond donors (Lipinski definition) is 0. The molecule has 0 radical (unpaired) electrons. The Labute approximate surface area is 145 Å². The molecule has 0 aliphatic rings. The van der Waals surface area contributed by atoms with Crippen molar-refractivity contribution >= 4 is 16.7 Å². The van der Waals surface area contributed by atoms with Crippen molar-refractivity contribution in [3.63, 3.8) is 0 Å². The Morgan fingerprint density at radius 3 is 2.33 bits per heavy atom. The number of amides is 1. The first-order chi connectivity index (χ1) is 11.5. The quantitative estimate of drug-likeness (QED) is 0.779. The van der Waals surface area contributed by atoms with Gasteiger partial charge in [0.25, 0.3) is 0 Å². The van der Waals surface area contributed by atoms with Gasteiger partial charge >= 0.3 is 0 Å². The number of carbonyl (C=O) groups is 1. The molecule has 0 aliphatic carbocycles. The van der Waals surface area contributed by atoms with E-state index in [0.29, 0.717) is 6.54 Å². The van der Waals surface area contributed by atoms with Gasteiger partial charge in [0.15, 0.2) is 0 Å². The molecule has 24 heavy (non-hydrogen) atoms. The summed E-state index contributed by atoms with van der Waals surface area (Å²) in [4.78, 5) is 16.7. The lowest BCUT2D eigenvalue weighted by Crippen LogP contribution is -2.45. The molecular weight excluding hydrogens is 300 g/mol. The van der Waals surface area contributed by atoms with Crippen molar-refractivity contribution in [2.45, 2.75) is 32.9 Å². The van der Waals surface area contributed by atoms with E-state index in [1.807, 2.05) is 37.2 Å². The number of likely N-dealkylation sites (N-methyl/N-ethyl adjacent to an activating group) is 2. The van der Waals surface area contributed by atoms with Crippen LogP contribution in [0.1, 0.15) is 25.8 Å². The summed E-state index contributed by atoms with van der Waals surface area (Å²) >= 11 is 0. The molecular formula is C20H28N2O2. The molecule has 0 N–H and O–H groups in total. The second-order valence-corrected chi connectivity index (χ2v) is 6.16. The van der Waals surface area contributed by atoms with E-state index in [2.05, 4.69) is 36.9 Å². The van der Waals surface area contributed by atoms with E-state index < -0.39 is 0 Å². The van der Waals surface area contributed by atoms with Gasteiger partial charge in [0.1, 0.15) is 5.75 Å². The van der Waals surface area contributed by atoms with Gasteiger partial charge in [0, 0.05) is 19.0 Å². The van der Waals surface area contributed by atoms with Crippen LogP contribution in [0.4, 0.5) is 0 Å². The Kier molecular flexibility index (Phi) is 6.21. The summed E-state index contributed by atoms with van der Waals surface area (Å²) in [5.74, 6) is 1.03. The van der Waals surface area contributed by atoms with Gasteiger partial charge in [-0.25, -0.2) is 0 Å². The molecule has 2 aromatic carbocycles. The third-order valence-electron chi connectivity index (χ3n) is 4.68. The van der Waals surface area contributed by atoms with E-state index in [0.717, 1.165) is 35.1 Å². The van der Waals surface area contributed by atoms with E-state index >= 15 is 0 Å². The Bertz CT molecular complexity index is 699. The molecule has 0 saturated carbocycles. The number of methoxy groups -OCH3 is 1. The summed E-state index contributed by atoms with van der Waals surface area (Å²) in [6, 6.07) is 12.1. The van der Waals surface area contributed by atoms with Crippen LogP contribution in [0.3, 0.4) is 0 Å². The van der Waals surface area contributed by atoms with Crippen molar-refractivity contribution < 1.29 is 9.53 Å². The third kappa shape index (κ3) is 3.70. The predicted octanol–water partition coefficient (Wildman–Crippen LogP) is 3.54. The zero-order valence-electron chi connectivity index (χ0n) is 15.4. The van der Waals surface area contributed by atoms with Gasteiger partial charge in [-0.3, -0.25) is 9.69 Å². The lowest BCUT2D eigenvalue weighted by atomic mass is 10.0. The van der Waals surface area contributed by atoms with E-state index in [1.165, 1.54) is 0 Å². The van der Waals surface area contributed by atoms with Gasteiger partial charge in [-0.2, -0.15) is 0 Å². The molecule has 0 spiro atoms. The maximum atomic E-state index is 12.8. The first-order valence-corrected chi connectivity index (χ1v) is 8.53. The van der Waals surface area contributed by atoms with Crippen LogP contribution in [-0.2, 0) is 11.3 Å². The minimum atomic E-state index is -0.0653. The number of hydrogen-bond acceptors (Lipinski definition) is 3. The minimum Gasteiger partial charge on any atom is -0.496 e. The topological polar surface area (TPSA) is 32.8 Å². The minimum absolute atomic E-state index is 0.0653. The maximum absolute atomic E-state index is 12.8. The summed E-state index contributed by atoms with van der Waals surface area (Å²) in [6.45, 7) is 5.60. The summed E-state index contributed by atoms with van der Waals surface area (Å²) in [5, 5.41) is 2.21. The highest BCUT2D eigenvalue weighted by Gasteiger charge is 2.24. The van der Waals surface area contributed by atoms with E-state index in [-0.39, 0.29) is 11.9 Å². The van der Waals surface area contributed by atoms with Gasteiger partial charge in [-0.15, -0.1) is 0 Å². The smallest absolute Gasteiger partial charge is 0.239 e. The van der Waals surface area contributed by atoms with Gasteiger partial charge in [0.05, 0.1) is 13.2 Å². The van der Waals surface area contributed by atoms with Crippen molar-refractivity contribution in [1.29, 1.82) is 0 Å². The highest BCUT2D eigenvalue weighted by molar-refractivity contribution is 5.91. The summed E-state index contributed by atoms with van der Waals surface area (Å²) in [6.07, 6.45) is 0.816. The van der Waals surface area contributed by atoms with Gasteiger partial charge in [-0.05, 0) is 37.0 Å². The highest BCUT2D eigenvalue weighted by Crippen LogP contribution is 2.29. The van der Waals surface area contributed by atoms with Crippen LogP contribution >= 0.6 is 0 Å². The van der Waals surface area contributed by atoms with Crippen LogP contribution in [0.25, 0.3) is 10.8 Å². The molecule has 2 aromatic rings. The summed E-state index contributed by atoms with van der Waals surface area (Å²) < 4.78 is 5.45. The largest absolute Gasteiger partial charge is 0.496 e. The van der Waals surface area contributed by atoms with Gasteiger partial charge < -0.3 is 9.64 Å². The van der Waals surface area contributed by atoms with Crippen LogP contribution in [0.15, 0.2) is 36.4 Å². The van der Waals surface area contributed by atoms with Crippen LogP contribution in [0, 0.1) is 0 Å². The number of nitrogens with zero attached hydrogens (tertiary/aromatic N) is 2. The third-order valence-corrected chi connectivity index (χ3v) is 4.68. The van der Waals surface area contributed by atoms with Crippen LogP contribution in [-0.4, -0.2) is 49.5 Å². The molecule has 1 atom stereocenters. The zero-order valence-corrected chi connectivity index (χ0v) is 15.4. The van der Waals surface area contributed by atoms with Crippen molar-refractivity contribution in [3.8, 4) is 5.75 Å². The number of fused-ring (bicyclic) bond motifs is 1. The first kappa shape index (κ1) is 18.3. The average Bonchev–Trinajstić information content (AvgIpc) is 2.62. The first-order valence-electron chi connectivity index (χ1n) is 8.53. The van der Waals surface area contributed by atoms with E-state index in [1.54, 1.807) is 7.11 Å². The molecule has 130 valence electrons. The molecule has 0 aliphatic heterocycles. The average molecular weight is 328 g/mol. The second-order valence-electron chi connectivity index (χ2n) is 6.16. The maximum Gasteiger partial charge on any atom is 0.239 e. The van der Waals surface area contributed by atoms with Crippen LogP contribution in [0.5, 0.6) is 5.75 Å². The lowest BCUT2D eigenvalue weighted by molar-refractivity contribution is -0.135.